The molecule has 0 atom stereocenters. The number of ether oxygens (including phenoxy) is 1. The molecule has 0 bridgehead atoms. The number of hydrogen-bond acceptors (Lipinski definition) is 3. The third kappa shape index (κ3) is 4.02. The lowest BCUT2D eigenvalue weighted by atomic mass is 10.1. The van der Waals surface area contributed by atoms with E-state index < -0.39 is 0 Å². The molecular formula is C21H23ClN2O2. The molecule has 0 radical (unpaired) electrons. The summed E-state index contributed by atoms with van der Waals surface area (Å²) < 4.78 is 5.36. The number of allylic oxidation sites excluding steroid dienone is 1. The van der Waals surface area contributed by atoms with Crippen LogP contribution >= 0.6 is 11.6 Å². The highest BCUT2D eigenvalue weighted by atomic mass is 35.5. The number of piperazine rings is 1. The molecule has 1 aliphatic rings. The van der Waals surface area contributed by atoms with Gasteiger partial charge in [-0.15, -0.1) is 6.58 Å². The second-order valence-electron chi connectivity index (χ2n) is 6.28. The molecule has 0 N–H and O–H groups in total. The molecule has 2 aromatic rings. The van der Waals surface area contributed by atoms with Crippen molar-refractivity contribution in [2.75, 3.05) is 38.2 Å². The van der Waals surface area contributed by atoms with Gasteiger partial charge in [0.2, 0.25) is 0 Å². The monoisotopic (exact) mass is 370 g/mol. The average molecular weight is 371 g/mol. The summed E-state index contributed by atoms with van der Waals surface area (Å²) >= 11 is 6.08. The molecular weight excluding hydrogens is 348 g/mol. The van der Waals surface area contributed by atoms with Crippen LogP contribution in [0.1, 0.15) is 15.9 Å². The molecule has 1 heterocycles. The molecule has 0 aliphatic carbocycles. The molecule has 0 aromatic heterocycles. The van der Waals surface area contributed by atoms with Crippen LogP contribution in [0.15, 0.2) is 55.1 Å². The lowest BCUT2D eigenvalue weighted by Crippen LogP contribution is -2.48. The number of carbonyl (C=O) groups is 1. The molecule has 1 saturated heterocycles. The third-order valence-electron chi connectivity index (χ3n) is 4.63. The summed E-state index contributed by atoms with van der Waals surface area (Å²) in [5.41, 5.74) is 2.77. The number of halogens is 1. The van der Waals surface area contributed by atoms with Crippen LogP contribution in [0, 0.1) is 0 Å². The smallest absolute Gasteiger partial charge is 0.253 e. The molecule has 0 unspecified atom stereocenters. The molecule has 26 heavy (non-hydrogen) atoms. The number of amides is 1. The Balaban J connectivity index is 1.68. The van der Waals surface area contributed by atoms with E-state index in [1.807, 2.05) is 53.4 Å². The normalized spacial score (nSPS) is 14.2. The summed E-state index contributed by atoms with van der Waals surface area (Å²) in [6.45, 7) is 6.74. The first-order chi connectivity index (χ1) is 12.6. The minimum absolute atomic E-state index is 0.0590. The van der Waals surface area contributed by atoms with Gasteiger partial charge in [0, 0.05) is 42.5 Å². The molecule has 0 spiro atoms. The number of nitrogens with zero attached hydrogens (tertiary/aromatic N) is 2. The zero-order valence-corrected chi connectivity index (χ0v) is 15.7. The van der Waals surface area contributed by atoms with Gasteiger partial charge in [0.15, 0.2) is 0 Å². The Morgan fingerprint density at radius 2 is 1.96 bits per heavy atom. The Bertz CT molecular complexity index is 798. The van der Waals surface area contributed by atoms with E-state index in [0.717, 1.165) is 35.1 Å². The maximum atomic E-state index is 12.9. The van der Waals surface area contributed by atoms with Crippen LogP contribution in [0.2, 0.25) is 5.02 Å². The predicted octanol–water partition coefficient (Wildman–Crippen LogP) is 4.04. The second kappa shape index (κ2) is 8.28. The molecule has 1 aliphatic heterocycles. The molecule has 0 saturated carbocycles. The van der Waals surface area contributed by atoms with Gasteiger partial charge < -0.3 is 14.5 Å². The van der Waals surface area contributed by atoms with E-state index in [-0.39, 0.29) is 5.91 Å². The van der Waals surface area contributed by atoms with E-state index in [1.54, 1.807) is 7.11 Å². The van der Waals surface area contributed by atoms with Gasteiger partial charge in [-0.3, -0.25) is 4.79 Å². The zero-order chi connectivity index (χ0) is 18.5. The zero-order valence-electron chi connectivity index (χ0n) is 15.0. The first-order valence-corrected chi connectivity index (χ1v) is 9.08. The van der Waals surface area contributed by atoms with E-state index >= 15 is 0 Å². The van der Waals surface area contributed by atoms with Gasteiger partial charge >= 0.3 is 0 Å². The number of benzene rings is 2. The van der Waals surface area contributed by atoms with Crippen molar-refractivity contribution in [2.45, 2.75) is 6.42 Å². The van der Waals surface area contributed by atoms with E-state index in [9.17, 15) is 4.79 Å². The van der Waals surface area contributed by atoms with Crippen molar-refractivity contribution in [2.24, 2.45) is 0 Å². The van der Waals surface area contributed by atoms with Gasteiger partial charge in [0.25, 0.3) is 5.91 Å². The van der Waals surface area contributed by atoms with Crippen LogP contribution < -0.4 is 9.64 Å². The SMILES string of the molecule is C=CCc1cc(C(=O)N2CCN(c3cccc(Cl)c3)CC2)ccc1OC. The largest absolute Gasteiger partial charge is 0.496 e. The summed E-state index contributed by atoms with van der Waals surface area (Å²) in [6.07, 6.45) is 2.49. The topological polar surface area (TPSA) is 32.8 Å². The molecule has 4 nitrogen and oxygen atoms in total. The maximum Gasteiger partial charge on any atom is 0.253 e. The highest BCUT2D eigenvalue weighted by Crippen LogP contribution is 2.24. The number of anilines is 1. The molecule has 3 rings (SSSR count). The Morgan fingerprint density at radius 3 is 2.62 bits per heavy atom. The van der Waals surface area contributed by atoms with Crippen molar-refractivity contribution in [3.05, 3.63) is 71.3 Å². The summed E-state index contributed by atoms with van der Waals surface area (Å²) in [6, 6.07) is 13.4. The summed E-state index contributed by atoms with van der Waals surface area (Å²) in [7, 11) is 1.64. The van der Waals surface area contributed by atoms with Crippen molar-refractivity contribution in [1.82, 2.24) is 4.90 Å². The Morgan fingerprint density at radius 1 is 1.19 bits per heavy atom. The molecule has 136 valence electrons. The van der Waals surface area contributed by atoms with Crippen LogP contribution in [0.4, 0.5) is 5.69 Å². The van der Waals surface area contributed by atoms with Crippen LogP contribution in [0.25, 0.3) is 0 Å². The highest BCUT2D eigenvalue weighted by molar-refractivity contribution is 6.30. The second-order valence-corrected chi connectivity index (χ2v) is 6.71. The van der Waals surface area contributed by atoms with Crippen LogP contribution in [0.3, 0.4) is 0 Å². The Labute approximate surface area is 159 Å². The van der Waals surface area contributed by atoms with Gasteiger partial charge in [-0.25, -0.2) is 0 Å². The van der Waals surface area contributed by atoms with Crippen molar-refractivity contribution < 1.29 is 9.53 Å². The number of carbonyl (C=O) groups excluding carboxylic acids is 1. The summed E-state index contributed by atoms with van der Waals surface area (Å²) in [5.74, 6) is 0.843. The standard InChI is InChI=1S/C21H23ClN2O2/c1-3-5-16-14-17(8-9-20(16)26-2)21(25)24-12-10-23(11-13-24)19-7-4-6-18(22)15-19/h3-4,6-9,14-15H,1,5,10-13H2,2H3. The fourth-order valence-electron chi connectivity index (χ4n) is 3.25. The lowest BCUT2D eigenvalue weighted by molar-refractivity contribution is 0.0746. The summed E-state index contributed by atoms with van der Waals surface area (Å²) in [4.78, 5) is 17.0. The van der Waals surface area contributed by atoms with Crippen molar-refractivity contribution in [1.29, 1.82) is 0 Å². The molecule has 5 heteroatoms. The first-order valence-electron chi connectivity index (χ1n) is 8.70. The predicted molar refractivity (Wildman–Crippen MR) is 106 cm³/mol. The van der Waals surface area contributed by atoms with E-state index in [2.05, 4.69) is 11.5 Å². The maximum absolute atomic E-state index is 12.9. The molecule has 2 aromatic carbocycles. The van der Waals surface area contributed by atoms with Crippen molar-refractivity contribution >= 4 is 23.2 Å². The third-order valence-corrected chi connectivity index (χ3v) is 4.87. The van der Waals surface area contributed by atoms with Crippen LogP contribution in [-0.4, -0.2) is 44.1 Å². The quantitative estimate of drug-likeness (QED) is 0.745. The van der Waals surface area contributed by atoms with E-state index in [1.165, 1.54) is 0 Å². The molecule has 1 amide bonds. The van der Waals surface area contributed by atoms with Gasteiger partial charge in [0.1, 0.15) is 5.75 Å². The lowest BCUT2D eigenvalue weighted by Gasteiger charge is -2.36. The Kier molecular flexibility index (Phi) is 5.84. The number of methoxy groups -OCH3 is 1. The number of hydrogen-bond donors (Lipinski definition) is 0. The minimum Gasteiger partial charge on any atom is -0.496 e. The van der Waals surface area contributed by atoms with Gasteiger partial charge in [0.05, 0.1) is 7.11 Å². The fourth-order valence-corrected chi connectivity index (χ4v) is 3.43. The van der Waals surface area contributed by atoms with Gasteiger partial charge in [-0.2, -0.15) is 0 Å². The molecule has 1 fully saturated rings. The highest BCUT2D eigenvalue weighted by Gasteiger charge is 2.23. The van der Waals surface area contributed by atoms with Gasteiger partial charge in [-0.05, 0) is 48.4 Å². The van der Waals surface area contributed by atoms with Crippen LogP contribution in [-0.2, 0) is 6.42 Å². The van der Waals surface area contributed by atoms with Crippen molar-refractivity contribution in [3.63, 3.8) is 0 Å². The van der Waals surface area contributed by atoms with Crippen LogP contribution in [0.5, 0.6) is 5.75 Å². The average Bonchev–Trinajstić information content (AvgIpc) is 2.68. The fraction of sp³-hybridized carbons (Fsp3) is 0.286. The number of rotatable bonds is 5. The minimum atomic E-state index is 0.0590. The van der Waals surface area contributed by atoms with Gasteiger partial charge in [-0.1, -0.05) is 23.7 Å². The van der Waals surface area contributed by atoms with E-state index in [4.69, 9.17) is 16.3 Å². The van der Waals surface area contributed by atoms with Crippen molar-refractivity contribution in [3.8, 4) is 5.75 Å². The Hall–Kier alpha value is -2.46. The van der Waals surface area contributed by atoms with E-state index in [0.29, 0.717) is 25.1 Å². The summed E-state index contributed by atoms with van der Waals surface area (Å²) in [5, 5.41) is 0.731. The first kappa shape index (κ1) is 18.3.